The fraction of sp³-hybridized carbons (Fsp3) is 0.400. The van der Waals surface area contributed by atoms with Crippen molar-refractivity contribution in [1.82, 2.24) is 10.3 Å². The fourth-order valence-electron chi connectivity index (χ4n) is 2.39. The van der Waals surface area contributed by atoms with E-state index >= 15 is 0 Å². The number of amides is 1. The van der Waals surface area contributed by atoms with Crippen LogP contribution in [0.4, 0.5) is 0 Å². The predicted molar refractivity (Wildman–Crippen MR) is 78.6 cm³/mol. The number of aromatic nitrogens is 1. The molecule has 1 aliphatic rings. The molecule has 4 nitrogen and oxygen atoms in total. The van der Waals surface area contributed by atoms with Crippen LogP contribution in [-0.4, -0.2) is 22.6 Å². The number of aliphatic hydroxyl groups is 1. The van der Waals surface area contributed by atoms with E-state index in [0.29, 0.717) is 6.54 Å². The van der Waals surface area contributed by atoms with Crippen molar-refractivity contribution in [3.05, 3.63) is 34.5 Å². The molecule has 0 spiro atoms. The van der Waals surface area contributed by atoms with Gasteiger partial charge in [-0.3, -0.25) is 4.79 Å². The van der Waals surface area contributed by atoms with E-state index in [-0.39, 0.29) is 12.5 Å². The number of nitrogens with one attached hydrogen (secondary N) is 2. The van der Waals surface area contributed by atoms with Gasteiger partial charge in [-0.15, -0.1) is 0 Å². The minimum absolute atomic E-state index is 0.0622. The molecule has 1 aromatic heterocycles. The normalized spacial score (nSPS) is 16.4. The molecular weight excluding hydrogens is 276 g/mol. The van der Waals surface area contributed by atoms with Crippen LogP contribution < -0.4 is 5.32 Å². The summed E-state index contributed by atoms with van der Waals surface area (Å²) in [5.41, 5.74) is 2.45. The van der Waals surface area contributed by atoms with E-state index in [1.165, 1.54) is 0 Å². The van der Waals surface area contributed by atoms with E-state index < -0.39 is 5.41 Å². The molecule has 2 aromatic rings. The van der Waals surface area contributed by atoms with E-state index in [4.69, 9.17) is 11.6 Å². The summed E-state index contributed by atoms with van der Waals surface area (Å²) in [5.74, 6) is -0.0622. The van der Waals surface area contributed by atoms with E-state index in [1.54, 1.807) is 0 Å². The van der Waals surface area contributed by atoms with Crippen LogP contribution in [0.3, 0.4) is 0 Å². The quantitative estimate of drug-likeness (QED) is 0.811. The second-order valence-electron chi connectivity index (χ2n) is 5.60. The first-order valence-electron chi connectivity index (χ1n) is 6.71. The van der Waals surface area contributed by atoms with E-state index in [9.17, 15) is 9.90 Å². The second-order valence-corrected chi connectivity index (χ2v) is 6.01. The molecule has 20 heavy (non-hydrogen) atoms. The molecule has 1 fully saturated rings. The number of benzene rings is 1. The molecule has 0 bridgehead atoms. The maximum Gasteiger partial charge on any atom is 0.228 e. The number of fused-ring (bicyclic) bond motifs is 1. The lowest BCUT2D eigenvalue weighted by Crippen LogP contribution is -2.33. The van der Waals surface area contributed by atoms with Crippen molar-refractivity contribution in [2.45, 2.75) is 26.3 Å². The van der Waals surface area contributed by atoms with Crippen LogP contribution in [0.15, 0.2) is 18.2 Å². The van der Waals surface area contributed by atoms with Gasteiger partial charge in [0.25, 0.3) is 0 Å². The lowest BCUT2D eigenvalue weighted by atomic mass is 10.1. The zero-order chi connectivity index (χ0) is 14.3. The Kier molecular flexibility index (Phi) is 3.22. The Balaban J connectivity index is 1.73. The van der Waals surface area contributed by atoms with Gasteiger partial charge in [-0.2, -0.15) is 0 Å². The molecule has 0 atom stereocenters. The molecule has 1 amide bonds. The summed E-state index contributed by atoms with van der Waals surface area (Å²) >= 11 is 6.10. The Morgan fingerprint density at radius 3 is 2.85 bits per heavy atom. The highest BCUT2D eigenvalue weighted by molar-refractivity contribution is 6.32. The number of carbonyl (C=O) groups excluding carboxylic acids is 1. The third-order valence-corrected chi connectivity index (χ3v) is 4.44. The van der Waals surface area contributed by atoms with Gasteiger partial charge in [0, 0.05) is 21.6 Å². The Labute approximate surface area is 122 Å². The first-order chi connectivity index (χ1) is 9.54. The summed E-state index contributed by atoms with van der Waals surface area (Å²) in [4.78, 5) is 15.2. The number of rotatable bonds is 4. The van der Waals surface area contributed by atoms with Gasteiger partial charge < -0.3 is 15.4 Å². The summed E-state index contributed by atoms with van der Waals surface area (Å²) in [6.45, 7) is 2.33. The summed E-state index contributed by atoms with van der Waals surface area (Å²) < 4.78 is 0. The van der Waals surface area contributed by atoms with Crippen molar-refractivity contribution in [3.63, 3.8) is 0 Å². The van der Waals surface area contributed by atoms with Crippen LogP contribution in [0.25, 0.3) is 10.9 Å². The number of aliphatic hydroxyl groups excluding tert-OH is 1. The van der Waals surface area contributed by atoms with Crippen molar-refractivity contribution in [2.24, 2.45) is 5.41 Å². The molecule has 3 rings (SSSR count). The van der Waals surface area contributed by atoms with Crippen LogP contribution in [0.1, 0.15) is 24.1 Å². The number of hydrogen-bond donors (Lipinski definition) is 3. The van der Waals surface area contributed by atoms with E-state index in [1.807, 2.05) is 25.1 Å². The van der Waals surface area contributed by atoms with Gasteiger partial charge in [0.05, 0.1) is 18.6 Å². The molecule has 0 unspecified atom stereocenters. The van der Waals surface area contributed by atoms with E-state index in [2.05, 4.69) is 10.3 Å². The Morgan fingerprint density at radius 1 is 1.45 bits per heavy atom. The zero-order valence-electron chi connectivity index (χ0n) is 11.3. The number of aromatic amines is 1. The first-order valence-corrected chi connectivity index (χ1v) is 7.09. The van der Waals surface area contributed by atoms with Gasteiger partial charge in [0.15, 0.2) is 0 Å². The van der Waals surface area contributed by atoms with Gasteiger partial charge in [-0.05, 0) is 43.5 Å². The smallest absolute Gasteiger partial charge is 0.228 e. The predicted octanol–water partition coefficient (Wildman–Crippen LogP) is 2.52. The Bertz CT molecular complexity index is 635. The average molecular weight is 293 g/mol. The molecule has 1 heterocycles. The number of carbonyl (C=O) groups is 1. The Morgan fingerprint density at radius 2 is 2.20 bits per heavy atom. The molecule has 0 aliphatic heterocycles. The standard InChI is InChI=1S/C15H17ClN2O2/c1-9-4-13-10(6-12(9)16)5-11(18-13)7-17-14(20)15(8-19)2-3-15/h4-6,18-19H,2-3,7-8H2,1H3,(H,17,20). The highest BCUT2D eigenvalue weighted by atomic mass is 35.5. The molecule has 1 saturated carbocycles. The van der Waals surface area contributed by atoms with Gasteiger partial charge in [-0.25, -0.2) is 0 Å². The maximum absolute atomic E-state index is 11.9. The number of halogens is 1. The lowest BCUT2D eigenvalue weighted by molar-refractivity contribution is -0.127. The van der Waals surface area contributed by atoms with Crippen LogP contribution >= 0.6 is 11.6 Å². The number of hydrogen-bond acceptors (Lipinski definition) is 2. The summed E-state index contributed by atoms with van der Waals surface area (Å²) in [7, 11) is 0. The largest absolute Gasteiger partial charge is 0.395 e. The third kappa shape index (κ3) is 2.30. The zero-order valence-corrected chi connectivity index (χ0v) is 12.0. The highest BCUT2D eigenvalue weighted by Crippen LogP contribution is 2.45. The molecule has 5 heteroatoms. The minimum Gasteiger partial charge on any atom is -0.395 e. The molecule has 1 aliphatic carbocycles. The third-order valence-electron chi connectivity index (χ3n) is 4.03. The van der Waals surface area contributed by atoms with Crippen molar-refractivity contribution in [2.75, 3.05) is 6.61 Å². The van der Waals surface area contributed by atoms with Crippen LogP contribution in [0, 0.1) is 12.3 Å². The molecule has 1 aromatic carbocycles. The molecule has 0 saturated heterocycles. The molecule has 106 valence electrons. The van der Waals surface area contributed by atoms with Crippen LogP contribution in [-0.2, 0) is 11.3 Å². The SMILES string of the molecule is Cc1cc2[nH]c(CNC(=O)C3(CO)CC3)cc2cc1Cl. The van der Waals surface area contributed by atoms with Gasteiger partial charge in [-0.1, -0.05) is 11.6 Å². The van der Waals surface area contributed by atoms with Gasteiger partial charge in [0.1, 0.15) is 0 Å². The summed E-state index contributed by atoms with van der Waals surface area (Å²) in [6.07, 6.45) is 1.55. The summed E-state index contributed by atoms with van der Waals surface area (Å²) in [5, 5.41) is 13.9. The Hall–Kier alpha value is -1.52. The van der Waals surface area contributed by atoms with Crippen molar-refractivity contribution < 1.29 is 9.90 Å². The first kappa shape index (κ1) is 13.5. The number of aryl methyl sites for hydroxylation is 1. The van der Waals surface area contributed by atoms with Crippen LogP contribution in [0.2, 0.25) is 5.02 Å². The monoisotopic (exact) mass is 292 g/mol. The topological polar surface area (TPSA) is 65.1 Å². The second kappa shape index (κ2) is 4.79. The molecule has 3 N–H and O–H groups in total. The lowest BCUT2D eigenvalue weighted by Gasteiger charge is -2.11. The van der Waals surface area contributed by atoms with Crippen molar-refractivity contribution in [1.29, 1.82) is 0 Å². The van der Waals surface area contributed by atoms with Crippen molar-refractivity contribution >= 4 is 28.4 Å². The average Bonchev–Trinajstić information content (AvgIpc) is 3.14. The van der Waals surface area contributed by atoms with Crippen LogP contribution in [0.5, 0.6) is 0 Å². The fourth-order valence-corrected chi connectivity index (χ4v) is 2.56. The van der Waals surface area contributed by atoms with Crippen molar-refractivity contribution in [3.8, 4) is 0 Å². The molecule has 0 radical (unpaired) electrons. The maximum atomic E-state index is 11.9. The van der Waals surface area contributed by atoms with Gasteiger partial charge >= 0.3 is 0 Å². The molecular formula is C15H17ClN2O2. The summed E-state index contributed by atoms with van der Waals surface area (Å²) in [6, 6.07) is 5.91. The number of H-pyrrole nitrogens is 1. The van der Waals surface area contributed by atoms with E-state index in [0.717, 1.165) is 40.0 Å². The highest BCUT2D eigenvalue weighted by Gasteiger charge is 2.49. The van der Waals surface area contributed by atoms with Gasteiger partial charge in [0.2, 0.25) is 5.91 Å². The minimum atomic E-state index is -0.522.